The number of hydrogen-bond donors (Lipinski definition) is 1. The zero-order valence-electron chi connectivity index (χ0n) is 10.5. The summed E-state index contributed by atoms with van der Waals surface area (Å²) >= 11 is 7.38. The minimum Gasteiger partial charge on any atom is -0.317 e. The SMILES string of the molecule is CC(=O)Nc1scc(C)c1C(=O)c1ccccc1Cl. The first kappa shape index (κ1) is 13.8. The number of rotatable bonds is 3. The molecular formula is C14H12ClNO2S. The van der Waals surface area contributed by atoms with Gasteiger partial charge in [-0.15, -0.1) is 11.3 Å². The van der Waals surface area contributed by atoms with Crippen molar-refractivity contribution in [3.05, 3.63) is 51.4 Å². The molecule has 0 aliphatic rings. The van der Waals surface area contributed by atoms with Crippen LogP contribution in [0.4, 0.5) is 5.00 Å². The molecular weight excluding hydrogens is 282 g/mol. The molecule has 2 aromatic rings. The van der Waals surface area contributed by atoms with Crippen molar-refractivity contribution in [2.75, 3.05) is 5.32 Å². The van der Waals surface area contributed by atoms with Crippen molar-refractivity contribution < 1.29 is 9.59 Å². The van der Waals surface area contributed by atoms with Crippen LogP contribution < -0.4 is 5.32 Å². The number of anilines is 1. The fourth-order valence-corrected chi connectivity index (χ4v) is 2.97. The Bertz CT molecular complexity index is 649. The van der Waals surface area contributed by atoms with Crippen LogP contribution in [-0.4, -0.2) is 11.7 Å². The summed E-state index contributed by atoms with van der Waals surface area (Å²) in [5.41, 5.74) is 1.78. The predicted octanol–water partition coefficient (Wildman–Crippen LogP) is 3.90. The monoisotopic (exact) mass is 293 g/mol. The van der Waals surface area contributed by atoms with Crippen LogP contribution in [0.2, 0.25) is 5.02 Å². The lowest BCUT2D eigenvalue weighted by atomic mass is 10.0. The number of carbonyl (C=O) groups is 2. The van der Waals surface area contributed by atoms with E-state index >= 15 is 0 Å². The van der Waals surface area contributed by atoms with Crippen LogP contribution in [0.5, 0.6) is 0 Å². The molecule has 0 fully saturated rings. The molecule has 0 unspecified atom stereocenters. The van der Waals surface area contributed by atoms with E-state index in [9.17, 15) is 9.59 Å². The molecule has 0 aliphatic carbocycles. The van der Waals surface area contributed by atoms with Crippen molar-refractivity contribution in [2.24, 2.45) is 0 Å². The molecule has 0 saturated carbocycles. The van der Waals surface area contributed by atoms with Gasteiger partial charge in [-0.25, -0.2) is 0 Å². The van der Waals surface area contributed by atoms with Gasteiger partial charge < -0.3 is 5.32 Å². The molecule has 98 valence electrons. The van der Waals surface area contributed by atoms with E-state index in [-0.39, 0.29) is 11.7 Å². The van der Waals surface area contributed by atoms with Crippen LogP contribution in [0.1, 0.15) is 28.4 Å². The number of carbonyl (C=O) groups excluding carboxylic acids is 2. The molecule has 1 heterocycles. The second-order valence-corrected chi connectivity index (χ2v) is 5.40. The van der Waals surface area contributed by atoms with Gasteiger partial charge in [0.1, 0.15) is 5.00 Å². The maximum absolute atomic E-state index is 12.5. The van der Waals surface area contributed by atoms with Gasteiger partial charge in [0.05, 0.1) is 10.6 Å². The highest BCUT2D eigenvalue weighted by Gasteiger charge is 2.20. The number of aryl methyl sites for hydroxylation is 1. The van der Waals surface area contributed by atoms with Gasteiger partial charge in [0.2, 0.25) is 5.91 Å². The van der Waals surface area contributed by atoms with Gasteiger partial charge in [-0.05, 0) is 30.0 Å². The number of nitrogens with one attached hydrogen (secondary N) is 1. The average Bonchev–Trinajstić information content (AvgIpc) is 2.69. The van der Waals surface area contributed by atoms with E-state index in [4.69, 9.17) is 11.6 Å². The molecule has 0 radical (unpaired) electrons. The van der Waals surface area contributed by atoms with Crippen LogP contribution in [0.15, 0.2) is 29.6 Å². The molecule has 0 aliphatic heterocycles. The van der Waals surface area contributed by atoms with E-state index in [0.717, 1.165) is 5.56 Å². The van der Waals surface area contributed by atoms with Gasteiger partial charge in [-0.2, -0.15) is 0 Å². The Morgan fingerprint density at radius 3 is 2.58 bits per heavy atom. The van der Waals surface area contributed by atoms with E-state index in [1.807, 2.05) is 12.3 Å². The lowest BCUT2D eigenvalue weighted by molar-refractivity contribution is -0.114. The molecule has 1 N–H and O–H groups in total. The zero-order valence-corrected chi connectivity index (χ0v) is 12.1. The summed E-state index contributed by atoms with van der Waals surface area (Å²) in [6.07, 6.45) is 0. The van der Waals surface area contributed by atoms with Crippen LogP contribution in [0.25, 0.3) is 0 Å². The fourth-order valence-electron chi connectivity index (χ4n) is 1.76. The highest BCUT2D eigenvalue weighted by atomic mass is 35.5. The van der Waals surface area contributed by atoms with Crippen LogP contribution >= 0.6 is 22.9 Å². The molecule has 0 atom stereocenters. The third-order valence-electron chi connectivity index (χ3n) is 2.61. The van der Waals surface area contributed by atoms with Crippen molar-refractivity contribution >= 4 is 39.6 Å². The van der Waals surface area contributed by atoms with Gasteiger partial charge in [0, 0.05) is 12.5 Å². The molecule has 19 heavy (non-hydrogen) atoms. The molecule has 3 nitrogen and oxygen atoms in total. The van der Waals surface area contributed by atoms with E-state index in [2.05, 4.69) is 5.32 Å². The molecule has 0 spiro atoms. The number of benzene rings is 1. The second-order valence-electron chi connectivity index (χ2n) is 4.11. The number of ketones is 1. The molecule has 1 amide bonds. The quantitative estimate of drug-likeness (QED) is 0.872. The summed E-state index contributed by atoms with van der Waals surface area (Å²) in [6.45, 7) is 3.25. The Morgan fingerprint density at radius 1 is 1.26 bits per heavy atom. The van der Waals surface area contributed by atoms with Gasteiger partial charge in [0.15, 0.2) is 5.78 Å². The first-order chi connectivity index (χ1) is 9.00. The Kier molecular flexibility index (Phi) is 4.02. The minimum atomic E-state index is -0.199. The smallest absolute Gasteiger partial charge is 0.221 e. The molecule has 1 aromatic carbocycles. The van der Waals surface area contributed by atoms with Gasteiger partial charge >= 0.3 is 0 Å². The van der Waals surface area contributed by atoms with Crippen molar-refractivity contribution in [3.8, 4) is 0 Å². The maximum atomic E-state index is 12.5. The van der Waals surface area contributed by atoms with Gasteiger partial charge in [0.25, 0.3) is 0 Å². The summed E-state index contributed by atoms with van der Waals surface area (Å²) in [7, 11) is 0. The number of amides is 1. The molecule has 0 bridgehead atoms. The Labute approximate surface area is 120 Å². The van der Waals surface area contributed by atoms with Crippen molar-refractivity contribution in [3.63, 3.8) is 0 Å². The summed E-state index contributed by atoms with van der Waals surface area (Å²) in [6, 6.07) is 6.89. The van der Waals surface area contributed by atoms with Crippen molar-refractivity contribution in [2.45, 2.75) is 13.8 Å². The van der Waals surface area contributed by atoms with Crippen molar-refractivity contribution in [1.29, 1.82) is 0 Å². The number of thiophene rings is 1. The highest BCUT2D eigenvalue weighted by molar-refractivity contribution is 7.15. The number of halogens is 1. The third-order valence-corrected chi connectivity index (χ3v) is 3.95. The molecule has 5 heteroatoms. The van der Waals surface area contributed by atoms with Crippen LogP contribution in [0, 0.1) is 6.92 Å². The predicted molar refractivity (Wildman–Crippen MR) is 78.2 cm³/mol. The van der Waals surface area contributed by atoms with Crippen LogP contribution in [-0.2, 0) is 4.79 Å². The summed E-state index contributed by atoms with van der Waals surface area (Å²) in [5, 5.41) is 5.50. The van der Waals surface area contributed by atoms with Gasteiger partial charge in [-0.3, -0.25) is 9.59 Å². The highest BCUT2D eigenvalue weighted by Crippen LogP contribution is 2.31. The Hall–Kier alpha value is -1.65. The normalized spacial score (nSPS) is 10.3. The molecule has 2 rings (SSSR count). The first-order valence-corrected chi connectivity index (χ1v) is 6.91. The van der Waals surface area contributed by atoms with Crippen molar-refractivity contribution in [1.82, 2.24) is 0 Å². The minimum absolute atomic E-state index is 0.173. The second kappa shape index (κ2) is 5.55. The lowest BCUT2D eigenvalue weighted by Crippen LogP contribution is -2.10. The van der Waals surface area contributed by atoms with E-state index in [1.54, 1.807) is 24.3 Å². The average molecular weight is 294 g/mol. The Morgan fingerprint density at radius 2 is 1.95 bits per heavy atom. The largest absolute Gasteiger partial charge is 0.317 e. The lowest BCUT2D eigenvalue weighted by Gasteiger charge is -2.06. The third kappa shape index (κ3) is 2.85. The van der Waals surface area contributed by atoms with E-state index in [1.165, 1.54) is 18.3 Å². The van der Waals surface area contributed by atoms with E-state index < -0.39 is 0 Å². The topological polar surface area (TPSA) is 46.2 Å². The summed E-state index contributed by atoms with van der Waals surface area (Å²) < 4.78 is 0. The first-order valence-electron chi connectivity index (χ1n) is 5.65. The summed E-state index contributed by atoms with van der Waals surface area (Å²) in [5.74, 6) is -0.372. The fraction of sp³-hybridized carbons (Fsp3) is 0.143. The Balaban J connectivity index is 2.47. The molecule has 0 saturated heterocycles. The summed E-state index contributed by atoms with van der Waals surface area (Å²) in [4.78, 5) is 23.7. The maximum Gasteiger partial charge on any atom is 0.221 e. The van der Waals surface area contributed by atoms with E-state index in [0.29, 0.717) is 21.2 Å². The zero-order chi connectivity index (χ0) is 14.0. The van der Waals surface area contributed by atoms with Crippen LogP contribution in [0.3, 0.4) is 0 Å². The standard InChI is InChI=1S/C14H12ClNO2S/c1-8-7-19-14(16-9(2)17)12(8)13(18)10-5-3-4-6-11(10)15/h3-7H,1-2H3,(H,16,17). The van der Waals surface area contributed by atoms with Gasteiger partial charge in [-0.1, -0.05) is 23.7 Å². The number of hydrogen-bond acceptors (Lipinski definition) is 3. The molecule has 1 aromatic heterocycles.